The van der Waals surface area contributed by atoms with Crippen molar-refractivity contribution in [3.8, 4) is 0 Å². The van der Waals surface area contributed by atoms with E-state index in [2.05, 4.69) is 20.0 Å². The van der Waals surface area contributed by atoms with Gasteiger partial charge in [-0.25, -0.2) is 9.98 Å². The molecule has 4 N–H and O–H groups in total. The molecule has 1 aromatic carbocycles. The summed E-state index contributed by atoms with van der Waals surface area (Å²) in [6.07, 6.45) is -3.62. The van der Waals surface area contributed by atoms with Gasteiger partial charge in [-0.2, -0.15) is 0 Å². The number of aliphatic hydroxyl groups excluding tert-OH is 4. The van der Waals surface area contributed by atoms with Crippen molar-refractivity contribution in [1.82, 2.24) is 4.90 Å². The molecule has 6 unspecified atom stereocenters. The Kier molecular flexibility index (Phi) is 5.29. The van der Waals surface area contributed by atoms with Gasteiger partial charge >= 0.3 is 0 Å². The monoisotopic (exact) mass is 387 g/mol. The molecule has 1 aromatic rings. The molecule has 3 aliphatic heterocycles. The summed E-state index contributed by atoms with van der Waals surface area (Å²) >= 11 is 0. The molecule has 0 bridgehead atoms. The summed E-state index contributed by atoms with van der Waals surface area (Å²) in [7, 11) is 0. The molecule has 0 aliphatic carbocycles. The number of nitrogens with zero attached hydrogens (tertiary/aromatic N) is 5. The van der Waals surface area contributed by atoms with Crippen LogP contribution in [0.4, 0.5) is 0 Å². The van der Waals surface area contributed by atoms with Crippen LogP contribution >= 0.6 is 0 Å². The first kappa shape index (κ1) is 18.8. The maximum absolute atomic E-state index is 10.4. The quantitative estimate of drug-likeness (QED) is 0.497. The number of hydrogen-bond acceptors (Lipinski definition) is 9. The Balaban J connectivity index is 1.53. The Morgan fingerprint density at radius 2 is 1.86 bits per heavy atom. The summed E-state index contributed by atoms with van der Waals surface area (Å²) in [6.45, 7) is -0.0690. The molecule has 3 heterocycles. The fourth-order valence-electron chi connectivity index (χ4n) is 3.33. The van der Waals surface area contributed by atoms with E-state index in [0.29, 0.717) is 18.2 Å². The SMILES string of the molecule is OCC1OC(N2C=NC3C(=NCc4ccccc4)N=CN=C32)C(O)C(O)C1O. The van der Waals surface area contributed by atoms with Gasteiger partial charge in [-0.1, -0.05) is 30.3 Å². The van der Waals surface area contributed by atoms with E-state index in [9.17, 15) is 20.4 Å². The highest BCUT2D eigenvalue weighted by Gasteiger charge is 2.48. The second kappa shape index (κ2) is 7.86. The van der Waals surface area contributed by atoms with Gasteiger partial charge in [-0.3, -0.25) is 14.9 Å². The zero-order valence-corrected chi connectivity index (χ0v) is 14.9. The number of aliphatic imine (C=N–C) groups is 4. The van der Waals surface area contributed by atoms with Crippen LogP contribution < -0.4 is 0 Å². The molecule has 10 heteroatoms. The van der Waals surface area contributed by atoms with Crippen molar-refractivity contribution < 1.29 is 25.2 Å². The third-order valence-corrected chi connectivity index (χ3v) is 4.88. The number of hydrogen-bond donors (Lipinski definition) is 4. The molecule has 1 saturated heterocycles. The largest absolute Gasteiger partial charge is 0.394 e. The van der Waals surface area contributed by atoms with Crippen molar-refractivity contribution >= 4 is 24.3 Å². The third-order valence-electron chi connectivity index (χ3n) is 4.88. The van der Waals surface area contributed by atoms with Crippen LogP contribution in [-0.2, 0) is 11.3 Å². The van der Waals surface area contributed by atoms with Gasteiger partial charge in [0.1, 0.15) is 36.6 Å². The minimum absolute atomic E-state index is 0.436. The first-order chi connectivity index (χ1) is 13.6. The highest BCUT2D eigenvalue weighted by Crippen LogP contribution is 2.27. The molecule has 28 heavy (non-hydrogen) atoms. The van der Waals surface area contributed by atoms with Gasteiger partial charge in [0.15, 0.2) is 18.1 Å². The molecule has 3 aliphatic rings. The minimum Gasteiger partial charge on any atom is -0.394 e. The van der Waals surface area contributed by atoms with E-state index in [1.807, 2.05) is 30.3 Å². The van der Waals surface area contributed by atoms with Crippen LogP contribution in [0.15, 0.2) is 50.3 Å². The van der Waals surface area contributed by atoms with Crippen molar-refractivity contribution in [3.05, 3.63) is 35.9 Å². The van der Waals surface area contributed by atoms with Crippen molar-refractivity contribution in [3.63, 3.8) is 0 Å². The third kappa shape index (κ3) is 3.36. The van der Waals surface area contributed by atoms with Crippen LogP contribution in [-0.4, -0.2) is 93.0 Å². The Morgan fingerprint density at radius 1 is 1.07 bits per heavy atom. The minimum atomic E-state index is -1.48. The lowest BCUT2D eigenvalue weighted by Gasteiger charge is -2.43. The highest BCUT2D eigenvalue weighted by molar-refractivity contribution is 6.21. The van der Waals surface area contributed by atoms with Gasteiger partial charge in [0.25, 0.3) is 0 Å². The van der Waals surface area contributed by atoms with E-state index in [4.69, 9.17) is 4.74 Å². The van der Waals surface area contributed by atoms with Crippen molar-refractivity contribution in [2.24, 2.45) is 20.0 Å². The Labute approximate surface area is 160 Å². The smallest absolute Gasteiger partial charge is 0.169 e. The normalized spacial score (nSPS) is 35.9. The number of ether oxygens (including phenoxy) is 1. The molecule has 6 atom stereocenters. The Morgan fingerprint density at radius 3 is 2.61 bits per heavy atom. The molecule has 0 spiro atoms. The highest BCUT2D eigenvalue weighted by atomic mass is 16.6. The van der Waals surface area contributed by atoms with Gasteiger partial charge < -0.3 is 25.2 Å². The van der Waals surface area contributed by atoms with Gasteiger partial charge in [0, 0.05) is 0 Å². The van der Waals surface area contributed by atoms with Gasteiger partial charge in [-0.05, 0) is 5.56 Å². The predicted octanol–water partition coefficient (Wildman–Crippen LogP) is -1.46. The summed E-state index contributed by atoms with van der Waals surface area (Å²) in [5.74, 6) is 0.906. The lowest BCUT2D eigenvalue weighted by Crippen LogP contribution is -2.64. The maximum atomic E-state index is 10.4. The number of rotatable bonds is 4. The molecule has 0 amide bonds. The average molecular weight is 387 g/mol. The number of amidine groups is 2. The predicted molar refractivity (Wildman–Crippen MR) is 101 cm³/mol. The lowest BCUT2D eigenvalue weighted by atomic mass is 9.97. The first-order valence-electron chi connectivity index (χ1n) is 8.91. The second-order valence-electron chi connectivity index (χ2n) is 6.69. The summed E-state index contributed by atoms with van der Waals surface area (Å²) in [5, 5.41) is 39.7. The number of aliphatic hydroxyl groups is 4. The van der Waals surface area contributed by atoms with E-state index in [0.717, 1.165) is 5.56 Å². The van der Waals surface area contributed by atoms with E-state index in [-0.39, 0.29) is 0 Å². The van der Waals surface area contributed by atoms with Crippen LogP contribution in [0.5, 0.6) is 0 Å². The van der Waals surface area contributed by atoms with E-state index in [1.165, 1.54) is 17.6 Å². The fourth-order valence-corrected chi connectivity index (χ4v) is 3.33. The van der Waals surface area contributed by atoms with Gasteiger partial charge in [0.2, 0.25) is 0 Å². The lowest BCUT2D eigenvalue weighted by molar-refractivity contribution is -0.246. The maximum Gasteiger partial charge on any atom is 0.169 e. The van der Waals surface area contributed by atoms with Crippen LogP contribution in [0.1, 0.15) is 5.56 Å². The zero-order valence-electron chi connectivity index (χ0n) is 14.9. The van der Waals surface area contributed by atoms with Crippen LogP contribution in [0.3, 0.4) is 0 Å². The second-order valence-corrected chi connectivity index (χ2v) is 6.69. The summed E-state index contributed by atoms with van der Waals surface area (Å²) in [6, 6.07) is 9.16. The van der Waals surface area contributed by atoms with Crippen LogP contribution in [0.2, 0.25) is 0 Å². The molecule has 148 valence electrons. The number of benzene rings is 1. The topological polar surface area (TPSA) is 143 Å². The Hall–Kier alpha value is -2.50. The number of fused-ring (bicyclic) bond motifs is 1. The molecule has 10 nitrogen and oxygen atoms in total. The van der Waals surface area contributed by atoms with E-state index < -0.39 is 43.3 Å². The van der Waals surface area contributed by atoms with Gasteiger partial charge in [0.05, 0.1) is 19.5 Å². The van der Waals surface area contributed by atoms with E-state index in [1.54, 1.807) is 0 Å². The van der Waals surface area contributed by atoms with Crippen LogP contribution in [0, 0.1) is 0 Å². The summed E-state index contributed by atoms with van der Waals surface area (Å²) in [4.78, 5) is 18.8. The standard InChI is InChI=1S/C18H21N5O5/c24-7-11-13(25)14(26)15(27)18(28-11)23-9-22-12-16(20-8-21-17(12)23)19-6-10-4-2-1-3-5-10/h1-5,8-9,11-15,18,24-27H,6-7H2. The molecule has 4 rings (SSSR count). The fraction of sp³-hybridized carbons (Fsp3) is 0.444. The van der Waals surface area contributed by atoms with E-state index >= 15 is 0 Å². The van der Waals surface area contributed by atoms with Crippen LogP contribution in [0.25, 0.3) is 0 Å². The first-order valence-corrected chi connectivity index (χ1v) is 8.91. The van der Waals surface area contributed by atoms with Gasteiger partial charge in [-0.15, -0.1) is 0 Å². The molecule has 0 aromatic heterocycles. The average Bonchev–Trinajstić information content (AvgIpc) is 3.16. The van der Waals surface area contributed by atoms with Crippen molar-refractivity contribution in [2.75, 3.05) is 6.61 Å². The molecule has 0 radical (unpaired) electrons. The Bertz CT molecular complexity index is 825. The molecular formula is C18H21N5O5. The van der Waals surface area contributed by atoms with Crippen molar-refractivity contribution in [2.45, 2.75) is 43.2 Å². The molecule has 0 saturated carbocycles. The molecular weight excluding hydrogens is 366 g/mol. The summed E-state index contributed by atoms with van der Waals surface area (Å²) < 4.78 is 5.59. The summed E-state index contributed by atoms with van der Waals surface area (Å²) in [5.41, 5.74) is 1.03. The zero-order chi connectivity index (χ0) is 19.7. The van der Waals surface area contributed by atoms with Crippen molar-refractivity contribution in [1.29, 1.82) is 0 Å². The molecule has 1 fully saturated rings.